The lowest BCUT2D eigenvalue weighted by Gasteiger charge is -2.05. The molecule has 0 spiro atoms. The van der Waals surface area contributed by atoms with Gasteiger partial charge >= 0.3 is 0 Å². The minimum Gasteiger partial charge on any atom is -0.497 e. The van der Waals surface area contributed by atoms with Crippen molar-refractivity contribution in [2.75, 3.05) is 7.11 Å². The summed E-state index contributed by atoms with van der Waals surface area (Å²) >= 11 is 1.40. The van der Waals surface area contributed by atoms with Crippen LogP contribution in [0.2, 0.25) is 0 Å². The van der Waals surface area contributed by atoms with Gasteiger partial charge in [-0.25, -0.2) is 9.07 Å². The van der Waals surface area contributed by atoms with E-state index in [1.807, 2.05) is 24.3 Å². The van der Waals surface area contributed by atoms with E-state index in [1.165, 1.54) is 23.9 Å². The molecule has 0 amide bonds. The lowest BCUT2D eigenvalue weighted by atomic mass is 10.2. The SMILES string of the molecule is COc1ccc(Cn2nnnc2SCc2noc(-c3ccc(F)cc3)n2)cc1. The highest BCUT2D eigenvalue weighted by atomic mass is 32.2. The smallest absolute Gasteiger partial charge is 0.257 e. The van der Waals surface area contributed by atoms with E-state index in [-0.39, 0.29) is 5.82 Å². The summed E-state index contributed by atoms with van der Waals surface area (Å²) in [6.07, 6.45) is 0. The number of rotatable bonds is 7. The summed E-state index contributed by atoms with van der Waals surface area (Å²) in [5.41, 5.74) is 1.71. The van der Waals surface area contributed by atoms with Gasteiger partial charge in [-0.2, -0.15) is 4.98 Å². The first-order chi connectivity index (χ1) is 13.7. The van der Waals surface area contributed by atoms with Crippen LogP contribution < -0.4 is 4.74 Å². The molecule has 0 unspecified atom stereocenters. The molecule has 0 radical (unpaired) electrons. The van der Waals surface area contributed by atoms with E-state index in [9.17, 15) is 4.39 Å². The van der Waals surface area contributed by atoms with Gasteiger partial charge in [-0.15, -0.1) is 5.10 Å². The summed E-state index contributed by atoms with van der Waals surface area (Å²) in [6, 6.07) is 13.6. The van der Waals surface area contributed by atoms with E-state index in [2.05, 4.69) is 25.7 Å². The summed E-state index contributed by atoms with van der Waals surface area (Å²) in [5, 5.41) is 16.4. The molecule has 0 aliphatic carbocycles. The number of halogens is 1. The standard InChI is InChI=1S/C18H15FN6O2S/c1-26-15-8-2-12(3-9-15)10-25-18(21-23-24-25)28-11-16-20-17(27-22-16)13-4-6-14(19)7-5-13/h2-9H,10-11H2,1H3. The fourth-order valence-electron chi connectivity index (χ4n) is 2.45. The van der Waals surface area contributed by atoms with Gasteiger partial charge in [0.25, 0.3) is 5.89 Å². The Bertz CT molecular complexity index is 1050. The Morgan fingerprint density at radius 2 is 1.89 bits per heavy atom. The van der Waals surface area contributed by atoms with Crippen molar-refractivity contribution in [2.24, 2.45) is 0 Å². The van der Waals surface area contributed by atoms with E-state index >= 15 is 0 Å². The van der Waals surface area contributed by atoms with Crippen LogP contribution in [0.1, 0.15) is 11.4 Å². The molecule has 0 saturated heterocycles. The molecule has 28 heavy (non-hydrogen) atoms. The van der Waals surface area contributed by atoms with Crippen molar-refractivity contribution in [2.45, 2.75) is 17.5 Å². The van der Waals surface area contributed by atoms with Crippen molar-refractivity contribution in [1.29, 1.82) is 0 Å². The average Bonchev–Trinajstić information content (AvgIpc) is 3.37. The molecular weight excluding hydrogens is 383 g/mol. The minimum atomic E-state index is -0.317. The van der Waals surface area contributed by atoms with Crippen LogP contribution in [-0.4, -0.2) is 37.5 Å². The van der Waals surface area contributed by atoms with E-state index in [0.29, 0.717) is 34.7 Å². The third-order valence-electron chi connectivity index (χ3n) is 3.88. The van der Waals surface area contributed by atoms with Gasteiger partial charge < -0.3 is 9.26 Å². The van der Waals surface area contributed by atoms with Crippen LogP contribution in [0, 0.1) is 5.82 Å². The number of ether oxygens (including phenoxy) is 1. The lowest BCUT2D eigenvalue weighted by molar-refractivity contribution is 0.414. The lowest BCUT2D eigenvalue weighted by Crippen LogP contribution is -2.04. The highest BCUT2D eigenvalue weighted by molar-refractivity contribution is 7.98. The number of hydrogen-bond donors (Lipinski definition) is 0. The maximum Gasteiger partial charge on any atom is 0.257 e. The van der Waals surface area contributed by atoms with Gasteiger partial charge in [-0.05, 0) is 52.4 Å². The van der Waals surface area contributed by atoms with Gasteiger partial charge in [0.15, 0.2) is 5.82 Å². The van der Waals surface area contributed by atoms with Crippen LogP contribution in [0.5, 0.6) is 5.75 Å². The normalized spacial score (nSPS) is 10.9. The Kier molecular flexibility index (Phi) is 5.29. The van der Waals surface area contributed by atoms with Crippen LogP contribution in [0.4, 0.5) is 4.39 Å². The molecule has 4 aromatic rings. The Labute approximate surface area is 163 Å². The molecule has 0 aliphatic rings. The fourth-order valence-corrected chi connectivity index (χ4v) is 3.17. The third-order valence-corrected chi connectivity index (χ3v) is 4.83. The first kappa shape index (κ1) is 18.1. The van der Waals surface area contributed by atoms with Crippen molar-refractivity contribution in [1.82, 2.24) is 30.3 Å². The van der Waals surface area contributed by atoms with Crippen LogP contribution in [0.25, 0.3) is 11.5 Å². The number of benzene rings is 2. The summed E-state index contributed by atoms with van der Waals surface area (Å²) < 4.78 is 25.1. The summed E-state index contributed by atoms with van der Waals surface area (Å²) in [5.74, 6) is 1.76. The van der Waals surface area contributed by atoms with Crippen molar-refractivity contribution in [3.05, 3.63) is 65.7 Å². The molecule has 0 N–H and O–H groups in total. The van der Waals surface area contributed by atoms with Crippen LogP contribution in [0.15, 0.2) is 58.2 Å². The van der Waals surface area contributed by atoms with Gasteiger partial charge in [-0.3, -0.25) is 0 Å². The van der Waals surface area contributed by atoms with Gasteiger partial charge in [0, 0.05) is 5.56 Å². The molecule has 2 heterocycles. The maximum absolute atomic E-state index is 13.0. The Balaban J connectivity index is 1.40. The Morgan fingerprint density at radius 1 is 1.11 bits per heavy atom. The minimum absolute atomic E-state index is 0.317. The zero-order valence-electron chi connectivity index (χ0n) is 14.8. The van der Waals surface area contributed by atoms with E-state index < -0.39 is 0 Å². The predicted molar refractivity (Wildman–Crippen MR) is 99.2 cm³/mol. The molecule has 0 atom stereocenters. The van der Waals surface area contributed by atoms with Crippen molar-refractivity contribution >= 4 is 11.8 Å². The summed E-state index contributed by atoms with van der Waals surface area (Å²) in [6.45, 7) is 0.534. The van der Waals surface area contributed by atoms with Crippen LogP contribution >= 0.6 is 11.8 Å². The van der Waals surface area contributed by atoms with Crippen molar-refractivity contribution < 1.29 is 13.7 Å². The number of hydrogen-bond acceptors (Lipinski definition) is 8. The fraction of sp³-hybridized carbons (Fsp3) is 0.167. The average molecular weight is 398 g/mol. The highest BCUT2D eigenvalue weighted by Gasteiger charge is 2.13. The molecular formula is C18H15FN6O2S. The van der Waals surface area contributed by atoms with E-state index in [0.717, 1.165) is 11.3 Å². The molecule has 2 aromatic carbocycles. The molecule has 0 fully saturated rings. The number of thioether (sulfide) groups is 1. The largest absolute Gasteiger partial charge is 0.497 e. The van der Waals surface area contributed by atoms with Crippen LogP contribution in [-0.2, 0) is 12.3 Å². The van der Waals surface area contributed by atoms with E-state index in [4.69, 9.17) is 9.26 Å². The number of methoxy groups -OCH3 is 1. The zero-order chi connectivity index (χ0) is 19.3. The molecule has 4 rings (SSSR count). The second-order valence-electron chi connectivity index (χ2n) is 5.78. The third kappa shape index (κ3) is 4.17. The molecule has 142 valence electrons. The second kappa shape index (κ2) is 8.17. The highest BCUT2D eigenvalue weighted by Crippen LogP contribution is 2.22. The molecule has 0 bridgehead atoms. The topological polar surface area (TPSA) is 91.8 Å². The quantitative estimate of drug-likeness (QED) is 0.438. The predicted octanol–water partition coefficient (Wildman–Crippen LogP) is 3.21. The molecule has 0 saturated carbocycles. The monoisotopic (exact) mass is 398 g/mol. The number of tetrazole rings is 1. The second-order valence-corrected chi connectivity index (χ2v) is 6.72. The van der Waals surface area contributed by atoms with Crippen molar-refractivity contribution in [3.8, 4) is 17.2 Å². The first-order valence-corrected chi connectivity index (χ1v) is 9.30. The summed E-state index contributed by atoms with van der Waals surface area (Å²) in [4.78, 5) is 4.33. The van der Waals surface area contributed by atoms with Gasteiger partial charge in [0.2, 0.25) is 5.16 Å². The Hall–Kier alpha value is -3.27. The Morgan fingerprint density at radius 3 is 2.64 bits per heavy atom. The molecule has 8 nitrogen and oxygen atoms in total. The van der Waals surface area contributed by atoms with Gasteiger partial charge in [0.05, 0.1) is 19.4 Å². The molecule has 2 aromatic heterocycles. The maximum atomic E-state index is 13.0. The molecule has 10 heteroatoms. The summed E-state index contributed by atoms with van der Waals surface area (Å²) in [7, 11) is 1.63. The molecule has 0 aliphatic heterocycles. The van der Waals surface area contributed by atoms with Gasteiger partial charge in [0.1, 0.15) is 11.6 Å². The number of nitrogens with zero attached hydrogens (tertiary/aromatic N) is 6. The first-order valence-electron chi connectivity index (χ1n) is 8.31. The van der Waals surface area contributed by atoms with Crippen LogP contribution in [0.3, 0.4) is 0 Å². The van der Waals surface area contributed by atoms with Crippen molar-refractivity contribution in [3.63, 3.8) is 0 Å². The zero-order valence-corrected chi connectivity index (χ0v) is 15.6. The van der Waals surface area contributed by atoms with E-state index in [1.54, 1.807) is 23.9 Å². The number of aromatic nitrogens is 6. The van der Waals surface area contributed by atoms with Gasteiger partial charge in [-0.1, -0.05) is 29.1 Å².